The van der Waals surface area contributed by atoms with Gasteiger partial charge in [-0.25, -0.2) is 9.97 Å². The van der Waals surface area contributed by atoms with Crippen molar-refractivity contribution in [3.05, 3.63) is 34.3 Å². The summed E-state index contributed by atoms with van der Waals surface area (Å²) in [7, 11) is 3.56. The number of aryl methyl sites for hydroxylation is 2. The van der Waals surface area contributed by atoms with Crippen LogP contribution in [0.4, 0.5) is 0 Å². The smallest absolute Gasteiger partial charge is 0.289 e. The average molecular weight is 250 g/mol. The molecular weight excluding hydrogens is 236 g/mol. The Hall–Kier alpha value is -1.69. The third-order valence-corrected chi connectivity index (χ3v) is 3.25. The maximum absolute atomic E-state index is 12.1. The van der Waals surface area contributed by atoms with Gasteiger partial charge in [0.25, 0.3) is 5.91 Å². The highest BCUT2D eigenvalue weighted by Gasteiger charge is 2.16. The second kappa shape index (κ2) is 4.67. The number of aromatic nitrogens is 3. The molecule has 90 valence electrons. The van der Waals surface area contributed by atoms with Crippen molar-refractivity contribution in [2.45, 2.75) is 13.5 Å². The Morgan fingerprint density at radius 1 is 1.59 bits per heavy atom. The lowest BCUT2D eigenvalue weighted by atomic mass is 10.4. The highest BCUT2D eigenvalue weighted by molar-refractivity contribution is 7.09. The van der Waals surface area contributed by atoms with Crippen LogP contribution in [0.5, 0.6) is 0 Å². The molecule has 2 rings (SSSR count). The van der Waals surface area contributed by atoms with Crippen molar-refractivity contribution >= 4 is 17.2 Å². The standard InChI is InChI=1S/C11H14N4OS/c1-8-13-9(7-17-8)6-15(3)11(16)10-12-4-5-14(10)2/h4-5,7H,6H2,1-3H3. The second-order valence-corrected chi connectivity index (χ2v) is 4.94. The Kier molecular flexibility index (Phi) is 3.23. The van der Waals surface area contributed by atoms with E-state index < -0.39 is 0 Å². The summed E-state index contributed by atoms with van der Waals surface area (Å²) in [5.41, 5.74) is 0.914. The number of carbonyl (C=O) groups excluding carboxylic acids is 1. The quantitative estimate of drug-likeness (QED) is 0.828. The number of imidazole rings is 1. The zero-order valence-electron chi connectivity index (χ0n) is 10.0. The Bertz CT molecular complexity index is 531. The van der Waals surface area contributed by atoms with Crippen LogP contribution in [0, 0.1) is 6.92 Å². The molecule has 2 heterocycles. The van der Waals surface area contributed by atoms with Crippen LogP contribution >= 0.6 is 11.3 Å². The van der Waals surface area contributed by atoms with Gasteiger partial charge in [-0.15, -0.1) is 11.3 Å². The molecule has 2 aromatic heterocycles. The molecule has 6 heteroatoms. The van der Waals surface area contributed by atoms with Crippen molar-refractivity contribution in [3.63, 3.8) is 0 Å². The van der Waals surface area contributed by atoms with Crippen molar-refractivity contribution in [3.8, 4) is 0 Å². The van der Waals surface area contributed by atoms with E-state index in [4.69, 9.17) is 0 Å². The van der Waals surface area contributed by atoms with Crippen LogP contribution in [0.1, 0.15) is 21.3 Å². The molecule has 0 aliphatic rings. The van der Waals surface area contributed by atoms with Gasteiger partial charge < -0.3 is 9.47 Å². The molecule has 17 heavy (non-hydrogen) atoms. The first-order valence-electron chi connectivity index (χ1n) is 5.21. The van der Waals surface area contributed by atoms with Crippen LogP contribution in [0.25, 0.3) is 0 Å². The summed E-state index contributed by atoms with van der Waals surface area (Å²) < 4.78 is 1.71. The van der Waals surface area contributed by atoms with E-state index in [-0.39, 0.29) is 5.91 Å². The van der Waals surface area contributed by atoms with Crippen molar-refractivity contribution in [1.29, 1.82) is 0 Å². The average Bonchev–Trinajstić information content (AvgIpc) is 2.86. The summed E-state index contributed by atoms with van der Waals surface area (Å²) in [5.74, 6) is 0.350. The highest BCUT2D eigenvalue weighted by atomic mass is 32.1. The minimum atomic E-state index is -0.0943. The molecule has 0 N–H and O–H groups in total. The SMILES string of the molecule is Cc1nc(CN(C)C(=O)c2nccn2C)cs1. The van der Waals surface area contributed by atoms with E-state index in [1.807, 2.05) is 12.3 Å². The first-order valence-corrected chi connectivity index (χ1v) is 6.09. The maximum Gasteiger partial charge on any atom is 0.289 e. The minimum absolute atomic E-state index is 0.0943. The lowest BCUT2D eigenvalue weighted by Gasteiger charge is -2.15. The van der Waals surface area contributed by atoms with Gasteiger partial charge in [-0.3, -0.25) is 4.79 Å². The van der Waals surface area contributed by atoms with Crippen LogP contribution in [0.15, 0.2) is 17.8 Å². The van der Waals surface area contributed by atoms with Gasteiger partial charge in [0, 0.05) is 31.9 Å². The molecule has 5 nitrogen and oxygen atoms in total. The third kappa shape index (κ3) is 2.52. The van der Waals surface area contributed by atoms with E-state index in [9.17, 15) is 4.79 Å². The molecule has 0 aromatic carbocycles. The number of carbonyl (C=O) groups is 1. The molecule has 0 aliphatic carbocycles. The molecule has 0 saturated carbocycles. The fourth-order valence-corrected chi connectivity index (χ4v) is 2.14. The van der Waals surface area contributed by atoms with Crippen LogP contribution in [-0.4, -0.2) is 32.4 Å². The van der Waals surface area contributed by atoms with Gasteiger partial charge in [0.15, 0.2) is 5.82 Å². The molecule has 0 bridgehead atoms. The molecule has 0 unspecified atom stereocenters. The van der Waals surface area contributed by atoms with E-state index in [1.54, 1.807) is 47.3 Å². The summed E-state index contributed by atoms with van der Waals surface area (Å²) >= 11 is 1.59. The Labute approximate surface area is 104 Å². The molecular formula is C11H14N4OS. The second-order valence-electron chi connectivity index (χ2n) is 3.88. The fourth-order valence-electron chi connectivity index (χ4n) is 1.54. The molecule has 2 aromatic rings. The molecule has 0 atom stereocenters. The molecule has 0 fully saturated rings. The molecule has 1 amide bonds. The van der Waals surface area contributed by atoms with E-state index in [1.165, 1.54) is 0 Å². The topological polar surface area (TPSA) is 51.0 Å². The number of hydrogen-bond donors (Lipinski definition) is 0. The number of nitrogens with zero attached hydrogens (tertiary/aromatic N) is 4. The number of amides is 1. The molecule has 0 saturated heterocycles. The van der Waals surface area contributed by atoms with Crippen LogP contribution < -0.4 is 0 Å². The first-order chi connectivity index (χ1) is 8.08. The maximum atomic E-state index is 12.1. The summed E-state index contributed by atoms with van der Waals surface area (Å²) in [6.45, 7) is 2.46. The third-order valence-electron chi connectivity index (χ3n) is 2.42. The number of hydrogen-bond acceptors (Lipinski definition) is 4. The molecule has 0 radical (unpaired) electrons. The van der Waals surface area contributed by atoms with Gasteiger partial charge in [0.05, 0.1) is 17.2 Å². The van der Waals surface area contributed by atoms with Crippen LogP contribution in [-0.2, 0) is 13.6 Å². The Morgan fingerprint density at radius 3 is 2.88 bits per heavy atom. The largest absolute Gasteiger partial charge is 0.333 e. The van der Waals surface area contributed by atoms with Crippen LogP contribution in [0.3, 0.4) is 0 Å². The van der Waals surface area contributed by atoms with E-state index in [2.05, 4.69) is 9.97 Å². The minimum Gasteiger partial charge on any atom is -0.333 e. The van der Waals surface area contributed by atoms with Gasteiger partial charge in [-0.05, 0) is 6.92 Å². The molecule has 0 aliphatic heterocycles. The fraction of sp³-hybridized carbons (Fsp3) is 0.364. The first kappa shape index (κ1) is 11.8. The van der Waals surface area contributed by atoms with Gasteiger partial charge in [0.2, 0.25) is 0 Å². The number of rotatable bonds is 3. The van der Waals surface area contributed by atoms with Crippen molar-refractivity contribution < 1.29 is 4.79 Å². The Morgan fingerprint density at radius 2 is 2.35 bits per heavy atom. The van der Waals surface area contributed by atoms with Crippen molar-refractivity contribution in [2.75, 3.05) is 7.05 Å². The zero-order chi connectivity index (χ0) is 12.4. The molecule has 0 spiro atoms. The van der Waals surface area contributed by atoms with E-state index in [0.717, 1.165) is 10.7 Å². The van der Waals surface area contributed by atoms with Crippen LogP contribution in [0.2, 0.25) is 0 Å². The van der Waals surface area contributed by atoms with Crippen molar-refractivity contribution in [1.82, 2.24) is 19.4 Å². The van der Waals surface area contributed by atoms with E-state index >= 15 is 0 Å². The summed E-state index contributed by atoms with van der Waals surface area (Å²) in [4.78, 5) is 22.0. The van der Waals surface area contributed by atoms with E-state index in [0.29, 0.717) is 12.4 Å². The summed E-state index contributed by atoms with van der Waals surface area (Å²) in [6, 6.07) is 0. The Balaban J connectivity index is 2.08. The monoisotopic (exact) mass is 250 g/mol. The number of thiazole rings is 1. The van der Waals surface area contributed by atoms with Gasteiger partial charge in [-0.1, -0.05) is 0 Å². The predicted molar refractivity (Wildman–Crippen MR) is 65.9 cm³/mol. The van der Waals surface area contributed by atoms with Gasteiger partial charge in [-0.2, -0.15) is 0 Å². The van der Waals surface area contributed by atoms with Gasteiger partial charge in [0.1, 0.15) is 0 Å². The summed E-state index contributed by atoms with van der Waals surface area (Å²) in [5, 5.41) is 2.98. The lowest BCUT2D eigenvalue weighted by Crippen LogP contribution is -2.28. The normalized spacial score (nSPS) is 10.5. The zero-order valence-corrected chi connectivity index (χ0v) is 10.9. The van der Waals surface area contributed by atoms with Gasteiger partial charge >= 0.3 is 0 Å². The lowest BCUT2D eigenvalue weighted by molar-refractivity contribution is 0.0768. The predicted octanol–water partition coefficient (Wildman–Crippen LogP) is 1.46. The highest BCUT2D eigenvalue weighted by Crippen LogP contribution is 2.11. The summed E-state index contributed by atoms with van der Waals surface area (Å²) in [6.07, 6.45) is 3.38. The van der Waals surface area contributed by atoms with Crippen molar-refractivity contribution in [2.24, 2.45) is 7.05 Å².